The van der Waals surface area contributed by atoms with Gasteiger partial charge in [-0.15, -0.1) is 23.2 Å². The minimum atomic E-state index is -1.96. The van der Waals surface area contributed by atoms with Gasteiger partial charge in [-0.3, -0.25) is 29.0 Å². The van der Waals surface area contributed by atoms with E-state index in [2.05, 4.69) is 15.9 Å². The Hall–Kier alpha value is -2.10. The van der Waals surface area contributed by atoms with Crippen molar-refractivity contribution in [1.29, 1.82) is 0 Å². The molecule has 6 atom stereocenters. The average Bonchev–Trinajstić information content (AvgIpc) is 3.23. The van der Waals surface area contributed by atoms with Crippen LogP contribution in [-0.4, -0.2) is 48.8 Å². The summed E-state index contributed by atoms with van der Waals surface area (Å²) in [5, 5.41) is 10.6. The number of benzene rings is 2. The number of imide groups is 2. The number of carbonyl (C=O) groups excluding carboxylic acids is 4. The maximum atomic E-state index is 13.9. The van der Waals surface area contributed by atoms with E-state index in [0.717, 1.165) is 9.80 Å². The fourth-order valence-electron chi connectivity index (χ4n) is 6.69. The van der Waals surface area contributed by atoms with Gasteiger partial charge in [0.1, 0.15) is 5.75 Å². The monoisotopic (exact) mass is 670 g/mol. The molecule has 0 spiro atoms. The summed E-state index contributed by atoms with van der Waals surface area (Å²) < 4.78 is 0. The Morgan fingerprint density at radius 2 is 1.64 bits per heavy atom. The number of anilines is 1. The summed E-state index contributed by atoms with van der Waals surface area (Å²) in [5.41, 5.74) is 1.27. The van der Waals surface area contributed by atoms with Crippen molar-refractivity contribution < 1.29 is 24.3 Å². The Balaban J connectivity index is 1.53. The number of alkyl halides is 3. The van der Waals surface area contributed by atoms with E-state index < -0.39 is 51.1 Å². The highest BCUT2D eigenvalue weighted by molar-refractivity contribution is 9.09. The lowest BCUT2D eigenvalue weighted by Gasteiger charge is -2.51. The summed E-state index contributed by atoms with van der Waals surface area (Å²) in [6.07, 6.45) is 1.92. The first-order valence-electron chi connectivity index (χ1n) is 12.1. The summed E-state index contributed by atoms with van der Waals surface area (Å²) in [4.78, 5) is 53.1. The number of likely N-dealkylation sites (tertiary alicyclic amines) is 1. The van der Waals surface area contributed by atoms with Crippen LogP contribution in [0.5, 0.6) is 5.75 Å². The summed E-state index contributed by atoms with van der Waals surface area (Å²) >= 11 is 30.1. The van der Waals surface area contributed by atoms with Crippen molar-refractivity contribution in [2.45, 2.75) is 28.5 Å². The van der Waals surface area contributed by atoms with Gasteiger partial charge in [-0.25, -0.2) is 0 Å². The van der Waals surface area contributed by atoms with Crippen LogP contribution < -0.4 is 4.90 Å². The Morgan fingerprint density at radius 3 is 2.28 bits per heavy atom. The summed E-state index contributed by atoms with van der Waals surface area (Å²) in [6.45, 7) is 0. The number of nitrogens with zero attached hydrogens (tertiary/aromatic N) is 2. The molecule has 6 rings (SSSR count). The molecule has 0 aromatic heterocycles. The molecule has 2 aromatic rings. The van der Waals surface area contributed by atoms with Crippen molar-refractivity contribution >= 4 is 91.6 Å². The highest BCUT2D eigenvalue weighted by atomic mass is 79.9. The van der Waals surface area contributed by atoms with E-state index in [9.17, 15) is 24.3 Å². The van der Waals surface area contributed by atoms with Gasteiger partial charge in [-0.2, -0.15) is 0 Å². The Labute approximate surface area is 251 Å². The van der Waals surface area contributed by atoms with Crippen LogP contribution in [0.4, 0.5) is 5.69 Å². The maximum Gasteiger partial charge on any atom is 0.254 e. The fourth-order valence-corrected chi connectivity index (χ4v) is 8.52. The van der Waals surface area contributed by atoms with E-state index in [1.165, 1.54) is 18.2 Å². The zero-order valence-electron chi connectivity index (χ0n) is 19.9. The quantitative estimate of drug-likeness (QED) is 0.198. The minimum Gasteiger partial charge on any atom is -0.508 e. The first-order chi connectivity index (χ1) is 18.5. The zero-order valence-corrected chi connectivity index (χ0v) is 24.5. The Bertz CT molecular complexity index is 1500. The molecule has 2 aliphatic heterocycles. The van der Waals surface area contributed by atoms with E-state index in [1.807, 2.05) is 6.08 Å². The van der Waals surface area contributed by atoms with Crippen molar-refractivity contribution in [1.82, 2.24) is 4.90 Å². The molecule has 39 heavy (non-hydrogen) atoms. The second kappa shape index (κ2) is 9.21. The van der Waals surface area contributed by atoms with Gasteiger partial charge in [0.05, 0.1) is 23.0 Å². The van der Waals surface area contributed by atoms with Gasteiger partial charge in [0.15, 0.2) is 9.75 Å². The Kier molecular flexibility index (Phi) is 6.40. The molecule has 0 radical (unpaired) electrons. The Morgan fingerprint density at radius 1 is 0.949 bits per heavy atom. The first kappa shape index (κ1) is 27.1. The van der Waals surface area contributed by atoms with Crippen LogP contribution in [0.3, 0.4) is 0 Å². The highest BCUT2D eigenvalue weighted by Gasteiger charge is 2.76. The fraction of sp³-hybridized carbons (Fsp3) is 0.333. The van der Waals surface area contributed by atoms with Gasteiger partial charge < -0.3 is 5.11 Å². The average molecular weight is 673 g/mol. The van der Waals surface area contributed by atoms with Crippen LogP contribution in [-0.2, 0) is 19.2 Å². The molecule has 0 bridgehead atoms. The van der Waals surface area contributed by atoms with Crippen molar-refractivity contribution in [3.05, 3.63) is 69.7 Å². The molecule has 202 valence electrons. The van der Waals surface area contributed by atoms with E-state index in [0.29, 0.717) is 21.8 Å². The molecule has 6 unspecified atom stereocenters. The number of amides is 4. The van der Waals surface area contributed by atoms with Crippen molar-refractivity contribution in [3.8, 4) is 5.75 Å². The maximum absolute atomic E-state index is 13.9. The number of aromatic hydroxyl groups is 1. The third-order valence-corrected chi connectivity index (χ3v) is 10.9. The summed E-state index contributed by atoms with van der Waals surface area (Å²) in [6, 6.07) is 10.7. The molecule has 2 saturated heterocycles. The topological polar surface area (TPSA) is 95.0 Å². The predicted octanol–water partition coefficient (Wildman–Crippen LogP) is 5.61. The number of allylic oxidation sites excluding steroid dienone is 2. The van der Waals surface area contributed by atoms with E-state index in [1.54, 1.807) is 24.3 Å². The van der Waals surface area contributed by atoms with Gasteiger partial charge in [-0.05, 0) is 60.7 Å². The summed E-state index contributed by atoms with van der Waals surface area (Å²) in [7, 11) is 0. The van der Waals surface area contributed by atoms with E-state index >= 15 is 0 Å². The number of phenols is 1. The number of hydrogen-bond acceptors (Lipinski definition) is 5. The number of fused-ring (bicyclic) bond motifs is 4. The van der Waals surface area contributed by atoms with Crippen LogP contribution in [0.25, 0.3) is 0 Å². The third kappa shape index (κ3) is 3.54. The molecular formula is C27H19BrCl4N2O5. The van der Waals surface area contributed by atoms with E-state index in [-0.39, 0.29) is 35.0 Å². The van der Waals surface area contributed by atoms with Gasteiger partial charge in [0, 0.05) is 16.0 Å². The van der Waals surface area contributed by atoms with Gasteiger partial charge >= 0.3 is 0 Å². The molecule has 1 saturated carbocycles. The normalized spacial score (nSPS) is 33.7. The smallest absolute Gasteiger partial charge is 0.254 e. The molecule has 12 heteroatoms. The lowest BCUT2D eigenvalue weighted by molar-refractivity contribution is -0.138. The lowest BCUT2D eigenvalue weighted by atomic mass is 9.56. The number of phenolic OH excluding ortho intramolecular Hbond substituents is 1. The SMILES string of the molecule is O=C1C2CC=C3C(CC4(Cl)C(=O)N(CBr)C(=O)C4(Cl)C3c3ccc(O)cc3Cl)C2C(=O)N1c1ccc(Cl)cc1. The largest absolute Gasteiger partial charge is 0.508 e. The second-order valence-corrected chi connectivity index (χ2v) is 12.8. The zero-order chi connectivity index (χ0) is 28.0. The van der Waals surface area contributed by atoms with Crippen molar-refractivity contribution in [2.24, 2.45) is 17.8 Å². The number of halogens is 5. The van der Waals surface area contributed by atoms with Crippen LogP contribution in [0.15, 0.2) is 54.1 Å². The molecule has 7 nitrogen and oxygen atoms in total. The number of hydrogen-bond donors (Lipinski definition) is 1. The highest BCUT2D eigenvalue weighted by Crippen LogP contribution is 2.66. The van der Waals surface area contributed by atoms with Crippen LogP contribution >= 0.6 is 62.3 Å². The van der Waals surface area contributed by atoms with Crippen molar-refractivity contribution in [3.63, 3.8) is 0 Å². The molecule has 1 N–H and O–H groups in total. The third-order valence-electron chi connectivity index (χ3n) is 8.39. The summed E-state index contributed by atoms with van der Waals surface area (Å²) in [5.74, 6) is -5.44. The van der Waals surface area contributed by atoms with Crippen LogP contribution in [0.2, 0.25) is 10.0 Å². The number of rotatable bonds is 3. The molecular weight excluding hydrogens is 654 g/mol. The lowest BCUT2D eigenvalue weighted by Crippen LogP contribution is -2.60. The van der Waals surface area contributed by atoms with Crippen molar-refractivity contribution in [2.75, 3.05) is 10.4 Å². The van der Waals surface area contributed by atoms with E-state index in [4.69, 9.17) is 46.4 Å². The molecule has 2 aliphatic carbocycles. The minimum absolute atomic E-state index is 0.0966. The van der Waals surface area contributed by atoms with Crippen LogP contribution in [0, 0.1) is 17.8 Å². The van der Waals surface area contributed by atoms with Gasteiger partial charge in [0.25, 0.3) is 11.8 Å². The first-order valence-corrected chi connectivity index (χ1v) is 14.7. The molecule has 4 aliphatic rings. The standard InChI is InChI=1S/C27H19BrCl4N2O5/c28-11-33-24(38)26(31)10-18-15(21(27(26,32)25(33)39)16-6-5-14(35)9-19(16)30)7-8-17-20(18)23(37)34(22(17)36)13-3-1-12(29)2-4-13/h1-7,9,17-18,20-21,35H,8,10-11H2. The number of carbonyl (C=O) groups is 4. The van der Waals surface area contributed by atoms with Crippen LogP contribution in [0.1, 0.15) is 24.3 Å². The molecule has 2 heterocycles. The predicted molar refractivity (Wildman–Crippen MR) is 150 cm³/mol. The second-order valence-electron chi connectivity index (χ2n) is 10.2. The van der Waals surface area contributed by atoms with Gasteiger partial charge in [0.2, 0.25) is 11.8 Å². The molecule has 4 amide bonds. The molecule has 2 aromatic carbocycles. The van der Waals surface area contributed by atoms with Gasteiger partial charge in [-0.1, -0.05) is 56.8 Å². The molecule has 3 fully saturated rings.